The smallest absolute Gasteiger partial charge is 0.215 e. The molecule has 1 saturated heterocycles. The predicted octanol–water partition coefficient (Wildman–Crippen LogP) is 2.70. The van der Waals surface area contributed by atoms with Gasteiger partial charge in [-0.3, -0.25) is 0 Å². The molecule has 2 heterocycles. The van der Waals surface area contributed by atoms with E-state index in [9.17, 15) is 0 Å². The van der Waals surface area contributed by atoms with Crippen molar-refractivity contribution in [3.63, 3.8) is 0 Å². The molecule has 0 amide bonds. The molecule has 0 saturated carbocycles. The lowest BCUT2D eigenvalue weighted by atomic mass is 10.1. The first-order valence-corrected chi connectivity index (χ1v) is 7.16. The van der Waals surface area contributed by atoms with Crippen LogP contribution in [0.2, 0.25) is 0 Å². The molecule has 1 unspecified atom stereocenters. The van der Waals surface area contributed by atoms with Crippen molar-refractivity contribution in [1.29, 1.82) is 0 Å². The lowest BCUT2D eigenvalue weighted by molar-refractivity contribution is -0.0736. The van der Waals surface area contributed by atoms with Gasteiger partial charge in [-0.05, 0) is 26.8 Å². The van der Waals surface area contributed by atoms with E-state index in [-0.39, 0.29) is 11.7 Å². The van der Waals surface area contributed by atoms with Gasteiger partial charge in [-0.2, -0.15) is 4.98 Å². The van der Waals surface area contributed by atoms with Gasteiger partial charge in [-0.15, -0.1) is 11.6 Å². The minimum absolute atomic E-state index is 0.0305. The van der Waals surface area contributed by atoms with Crippen LogP contribution in [0.4, 0.5) is 5.82 Å². The van der Waals surface area contributed by atoms with Gasteiger partial charge in [0.1, 0.15) is 5.82 Å². The zero-order valence-electron chi connectivity index (χ0n) is 11.7. The van der Waals surface area contributed by atoms with Gasteiger partial charge in [0.15, 0.2) is 0 Å². The van der Waals surface area contributed by atoms with Crippen molar-refractivity contribution in [2.45, 2.75) is 32.5 Å². The first-order valence-electron chi connectivity index (χ1n) is 6.62. The number of morpholine rings is 1. The third-order valence-corrected chi connectivity index (χ3v) is 3.32. The van der Waals surface area contributed by atoms with Crippen molar-refractivity contribution in [1.82, 2.24) is 4.98 Å². The summed E-state index contributed by atoms with van der Waals surface area (Å²) in [5.74, 6) is 2.06. The molecule has 2 rings (SSSR count). The number of aromatic nitrogens is 1. The maximum Gasteiger partial charge on any atom is 0.215 e. The van der Waals surface area contributed by atoms with Crippen molar-refractivity contribution in [2.24, 2.45) is 0 Å². The molecule has 4 nitrogen and oxygen atoms in total. The molecule has 0 N–H and O–H groups in total. The second-order valence-electron chi connectivity index (χ2n) is 5.30. The summed E-state index contributed by atoms with van der Waals surface area (Å²) < 4.78 is 11.4. The van der Waals surface area contributed by atoms with Crippen LogP contribution < -0.4 is 9.64 Å². The Morgan fingerprint density at radius 3 is 3.00 bits per heavy atom. The van der Waals surface area contributed by atoms with Gasteiger partial charge >= 0.3 is 0 Å². The number of pyridine rings is 1. The molecule has 1 aromatic heterocycles. The van der Waals surface area contributed by atoms with Gasteiger partial charge in [-0.1, -0.05) is 6.07 Å². The van der Waals surface area contributed by atoms with Gasteiger partial charge in [0, 0.05) is 19.2 Å². The molecule has 1 fully saturated rings. The molecule has 0 radical (unpaired) electrons. The molecule has 106 valence electrons. The zero-order chi connectivity index (χ0) is 13.9. The highest BCUT2D eigenvalue weighted by atomic mass is 35.5. The third-order valence-electron chi connectivity index (χ3n) is 2.98. The highest BCUT2D eigenvalue weighted by Crippen LogP contribution is 2.26. The summed E-state index contributed by atoms with van der Waals surface area (Å²) in [6, 6.07) is 5.83. The van der Waals surface area contributed by atoms with Gasteiger partial charge in [0.2, 0.25) is 5.88 Å². The second-order valence-corrected chi connectivity index (χ2v) is 5.61. The van der Waals surface area contributed by atoms with E-state index in [1.54, 1.807) is 0 Å². The van der Waals surface area contributed by atoms with Gasteiger partial charge in [-0.25, -0.2) is 0 Å². The zero-order valence-corrected chi connectivity index (χ0v) is 12.5. The Bertz CT molecular complexity index is 426. The fraction of sp³-hybridized carbons (Fsp3) is 0.643. The van der Waals surface area contributed by atoms with E-state index in [0.29, 0.717) is 18.4 Å². The van der Waals surface area contributed by atoms with Gasteiger partial charge in [0.05, 0.1) is 24.2 Å². The van der Waals surface area contributed by atoms with Crippen LogP contribution in [0.15, 0.2) is 18.2 Å². The van der Waals surface area contributed by atoms with E-state index < -0.39 is 0 Å². The van der Waals surface area contributed by atoms with Crippen molar-refractivity contribution in [2.75, 3.05) is 30.5 Å². The monoisotopic (exact) mass is 284 g/mol. The van der Waals surface area contributed by atoms with E-state index in [4.69, 9.17) is 21.1 Å². The summed E-state index contributed by atoms with van der Waals surface area (Å²) in [6.07, 6.45) is 0.0305. The molecular weight excluding hydrogens is 264 g/mol. The fourth-order valence-corrected chi connectivity index (χ4v) is 2.52. The summed E-state index contributed by atoms with van der Waals surface area (Å²) in [5, 5.41) is 0. The van der Waals surface area contributed by atoms with E-state index in [0.717, 1.165) is 18.9 Å². The number of alkyl halides is 1. The highest BCUT2D eigenvalue weighted by molar-refractivity contribution is 6.18. The third kappa shape index (κ3) is 3.74. The molecule has 1 aliphatic heterocycles. The fourth-order valence-electron chi connectivity index (χ4n) is 2.36. The topological polar surface area (TPSA) is 34.6 Å². The van der Waals surface area contributed by atoms with Gasteiger partial charge in [0.25, 0.3) is 0 Å². The van der Waals surface area contributed by atoms with Crippen LogP contribution in [-0.2, 0) is 4.74 Å². The van der Waals surface area contributed by atoms with Crippen LogP contribution >= 0.6 is 11.6 Å². The average Bonchev–Trinajstić information content (AvgIpc) is 2.37. The normalized spacial score (nSPS) is 22.3. The Kier molecular flexibility index (Phi) is 4.53. The number of anilines is 1. The van der Waals surface area contributed by atoms with Crippen LogP contribution in [-0.4, -0.2) is 42.3 Å². The molecule has 0 aromatic carbocycles. The lowest BCUT2D eigenvalue weighted by Crippen LogP contribution is -2.53. The maximum atomic E-state index is 5.94. The highest BCUT2D eigenvalue weighted by Gasteiger charge is 2.33. The van der Waals surface area contributed by atoms with E-state index in [1.165, 1.54) is 0 Å². The molecular formula is C14H21ClN2O2. The SMILES string of the molecule is CCOc1cccc(N2CC(CCl)OC(C)(C)C2)n1. The molecule has 0 spiro atoms. The molecule has 19 heavy (non-hydrogen) atoms. The number of hydrogen-bond donors (Lipinski definition) is 0. The summed E-state index contributed by atoms with van der Waals surface area (Å²) in [6.45, 7) is 8.28. The number of halogens is 1. The van der Waals surface area contributed by atoms with Crippen LogP contribution in [0.1, 0.15) is 20.8 Å². The molecule has 1 aromatic rings. The molecule has 1 aliphatic rings. The summed E-state index contributed by atoms with van der Waals surface area (Å²) in [7, 11) is 0. The first kappa shape index (κ1) is 14.4. The van der Waals surface area contributed by atoms with Crippen molar-refractivity contribution >= 4 is 17.4 Å². The average molecular weight is 285 g/mol. The Balaban J connectivity index is 2.17. The van der Waals surface area contributed by atoms with Crippen molar-refractivity contribution < 1.29 is 9.47 Å². The van der Waals surface area contributed by atoms with Crippen molar-refractivity contribution in [3.8, 4) is 5.88 Å². The summed E-state index contributed by atoms with van der Waals surface area (Å²) >= 11 is 5.94. The number of ether oxygens (including phenoxy) is 2. The van der Waals surface area contributed by atoms with Crippen LogP contribution in [0, 0.1) is 0 Å². The summed E-state index contributed by atoms with van der Waals surface area (Å²) in [5.41, 5.74) is -0.221. The van der Waals surface area contributed by atoms with Crippen LogP contribution in [0.25, 0.3) is 0 Å². The molecule has 0 aliphatic carbocycles. The van der Waals surface area contributed by atoms with Crippen molar-refractivity contribution in [3.05, 3.63) is 18.2 Å². The van der Waals surface area contributed by atoms with Crippen LogP contribution in [0.5, 0.6) is 5.88 Å². The quantitative estimate of drug-likeness (QED) is 0.796. The Morgan fingerprint density at radius 1 is 1.53 bits per heavy atom. The molecule has 0 bridgehead atoms. The minimum Gasteiger partial charge on any atom is -0.478 e. The largest absolute Gasteiger partial charge is 0.478 e. The second kappa shape index (κ2) is 5.97. The van der Waals surface area contributed by atoms with Crippen LogP contribution in [0.3, 0.4) is 0 Å². The lowest BCUT2D eigenvalue weighted by Gasteiger charge is -2.42. The van der Waals surface area contributed by atoms with E-state index >= 15 is 0 Å². The Morgan fingerprint density at radius 2 is 2.32 bits per heavy atom. The minimum atomic E-state index is -0.221. The van der Waals surface area contributed by atoms with Gasteiger partial charge < -0.3 is 14.4 Å². The Hall–Kier alpha value is -1.00. The number of rotatable bonds is 4. The number of nitrogens with zero attached hydrogens (tertiary/aromatic N) is 2. The van der Waals surface area contributed by atoms with E-state index in [2.05, 4.69) is 23.7 Å². The standard InChI is InChI=1S/C14H21ClN2O2/c1-4-18-13-7-5-6-12(16-13)17-9-11(8-15)19-14(2,3)10-17/h5-7,11H,4,8-10H2,1-3H3. The first-order chi connectivity index (χ1) is 9.04. The Labute approximate surface area is 119 Å². The molecule has 1 atom stereocenters. The number of hydrogen-bond acceptors (Lipinski definition) is 4. The molecule has 5 heteroatoms. The maximum absolute atomic E-state index is 5.94. The summed E-state index contributed by atoms with van der Waals surface area (Å²) in [4.78, 5) is 6.73. The predicted molar refractivity (Wildman–Crippen MR) is 77.3 cm³/mol. The van der Waals surface area contributed by atoms with E-state index in [1.807, 2.05) is 25.1 Å².